The molecule has 3 heteroatoms. The first-order chi connectivity index (χ1) is 8.81. The van der Waals surface area contributed by atoms with Crippen LogP contribution < -0.4 is 0 Å². The molecule has 0 aliphatic rings. The Morgan fingerprint density at radius 2 is 1.94 bits per heavy atom. The average molecular weight is 316 g/mol. The monoisotopic (exact) mass is 315 g/mol. The number of halogens is 1. The zero-order valence-corrected chi connectivity index (χ0v) is 11.9. The van der Waals surface area contributed by atoms with E-state index in [0.29, 0.717) is 0 Å². The fraction of sp³-hybridized carbons (Fsp3) is 0. The number of rotatable bonds is 2. The molecule has 1 aromatic carbocycles. The van der Waals surface area contributed by atoms with Crippen LogP contribution in [0, 0.1) is 0 Å². The molecule has 0 aliphatic heterocycles. The summed E-state index contributed by atoms with van der Waals surface area (Å²) in [6.07, 6.45) is 4.14. The van der Waals surface area contributed by atoms with Crippen molar-refractivity contribution in [2.45, 2.75) is 0 Å². The minimum atomic E-state index is 0.984. The summed E-state index contributed by atoms with van der Waals surface area (Å²) in [7, 11) is 0. The van der Waals surface area contributed by atoms with E-state index in [1.807, 2.05) is 30.3 Å². The summed E-state index contributed by atoms with van der Waals surface area (Å²) in [6.45, 7) is 0. The summed E-state index contributed by atoms with van der Waals surface area (Å²) < 4.78 is 1.12. The number of fused-ring (bicyclic) bond motifs is 1. The summed E-state index contributed by atoms with van der Waals surface area (Å²) in [5.74, 6) is 0. The largest absolute Gasteiger partial charge is 0.248 e. The highest BCUT2D eigenvalue weighted by atomic mass is 79.9. The quantitative estimate of drug-likeness (QED) is 0.631. The maximum atomic E-state index is 4.60. The van der Waals surface area contributed by atoms with Gasteiger partial charge in [0.05, 0.1) is 11.2 Å². The van der Waals surface area contributed by atoms with E-state index >= 15 is 0 Å². The second kappa shape index (κ2) is 5.04. The van der Waals surface area contributed by atoms with Gasteiger partial charge in [0.1, 0.15) is 0 Å². The Bertz CT molecular complexity index is 715. The van der Waals surface area contributed by atoms with Crippen molar-refractivity contribution in [1.82, 2.24) is 4.98 Å². The van der Waals surface area contributed by atoms with E-state index in [1.54, 1.807) is 11.3 Å². The van der Waals surface area contributed by atoms with Gasteiger partial charge < -0.3 is 0 Å². The lowest BCUT2D eigenvalue weighted by Crippen LogP contribution is -1.81. The smallest absolute Gasteiger partial charge is 0.0709 e. The Hall–Kier alpha value is -1.45. The molecule has 0 saturated heterocycles. The Balaban J connectivity index is 1.93. The van der Waals surface area contributed by atoms with E-state index in [-0.39, 0.29) is 0 Å². The number of pyridine rings is 1. The van der Waals surface area contributed by atoms with Crippen molar-refractivity contribution in [2.75, 3.05) is 0 Å². The summed E-state index contributed by atoms with van der Waals surface area (Å²) in [6, 6.07) is 14.4. The molecule has 0 aliphatic carbocycles. The minimum absolute atomic E-state index is 0.984. The number of benzene rings is 1. The Morgan fingerprint density at radius 1 is 1.06 bits per heavy atom. The third-order valence-corrected chi connectivity index (χ3v) is 4.28. The predicted octanol–water partition coefficient (Wildman–Crippen LogP) is 5.23. The normalized spacial score (nSPS) is 11.4. The first-order valence-electron chi connectivity index (χ1n) is 5.59. The van der Waals surface area contributed by atoms with Gasteiger partial charge >= 0.3 is 0 Å². The number of nitrogens with zero attached hydrogens (tertiary/aromatic N) is 1. The standard InChI is InChI=1S/C15H10BrNS/c16-12-9-14(18-10-12)8-7-13-6-5-11-3-1-2-4-15(11)17-13/h1-10H/b8-7+. The lowest BCUT2D eigenvalue weighted by atomic mass is 10.2. The second-order valence-electron chi connectivity index (χ2n) is 3.93. The van der Waals surface area contributed by atoms with Crippen molar-refractivity contribution >= 4 is 50.3 Å². The first kappa shape index (κ1) is 11.6. The number of thiophene rings is 1. The van der Waals surface area contributed by atoms with Crippen LogP contribution in [0.1, 0.15) is 10.6 Å². The van der Waals surface area contributed by atoms with Crippen LogP contribution in [0.5, 0.6) is 0 Å². The van der Waals surface area contributed by atoms with Crippen molar-refractivity contribution in [3.8, 4) is 0 Å². The zero-order valence-electron chi connectivity index (χ0n) is 9.51. The van der Waals surface area contributed by atoms with Gasteiger partial charge in [-0.25, -0.2) is 4.98 Å². The van der Waals surface area contributed by atoms with Gasteiger partial charge in [-0.15, -0.1) is 11.3 Å². The summed E-state index contributed by atoms with van der Waals surface area (Å²) in [4.78, 5) is 5.82. The Labute approximate surface area is 118 Å². The third-order valence-electron chi connectivity index (χ3n) is 2.63. The predicted molar refractivity (Wildman–Crippen MR) is 82.7 cm³/mol. The first-order valence-corrected chi connectivity index (χ1v) is 7.26. The molecule has 0 spiro atoms. The molecule has 3 rings (SSSR count). The SMILES string of the molecule is Brc1csc(/C=C/c2ccc3ccccc3n2)c1. The van der Waals surface area contributed by atoms with Crippen LogP contribution in [-0.4, -0.2) is 4.98 Å². The van der Waals surface area contributed by atoms with E-state index < -0.39 is 0 Å². The molecule has 18 heavy (non-hydrogen) atoms. The Morgan fingerprint density at radius 3 is 2.78 bits per heavy atom. The number of para-hydroxylation sites is 1. The molecular formula is C15H10BrNS. The van der Waals surface area contributed by atoms with Crippen LogP contribution in [0.15, 0.2) is 52.3 Å². The molecule has 3 aromatic rings. The maximum Gasteiger partial charge on any atom is 0.0709 e. The highest BCUT2D eigenvalue weighted by molar-refractivity contribution is 9.10. The highest BCUT2D eigenvalue weighted by Gasteiger charge is 1.96. The van der Waals surface area contributed by atoms with Crippen LogP contribution >= 0.6 is 27.3 Å². The third kappa shape index (κ3) is 2.52. The maximum absolute atomic E-state index is 4.60. The lowest BCUT2D eigenvalue weighted by molar-refractivity contribution is 1.37. The van der Waals surface area contributed by atoms with E-state index in [2.05, 4.69) is 50.6 Å². The van der Waals surface area contributed by atoms with Crippen molar-refractivity contribution in [2.24, 2.45) is 0 Å². The molecule has 0 bridgehead atoms. The van der Waals surface area contributed by atoms with Gasteiger partial charge in [-0.05, 0) is 46.3 Å². The van der Waals surface area contributed by atoms with Crippen LogP contribution in [0.25, 0.3) is 23.1 Å². The van der Waals surface area contributed by atoms with Gasteiger partial charge in [0, 0.05) is 20.1 Å². The molecule has 2 aromatic heterocycles. The van der Waals surface area contributed by atoms with Crippen molar-refractivity contribution in [3.05, 3.63) is 62.9 Å². The van der Waals surface area contributed by atoms with Gasteiger partial charge in [-0.2, -0.15) is 0 Å². The van der Waals surface area contributed by atoms with Gasteiger partial charge in [0.15, 0.2) is 0 Å². The van der Waals surface area contributed by atoms with Gasteiger partial charge in [0.2, 0.25) is 0 Å². The average Bonchev–Trinajstić information content (AvgIpc) is 2.82. The molecule has 0 amide bonds. The van der Waals surface area contributed by atoms with Crippen LogP contribution in [0.4, 0.5) is 0 Å². The van der Waals surface area contributed by atoms with Crippen LogP contribution in [0.2, 0.25) is 0 Å². The van der Waals surface area contributed by atoms with Crippen LogP contribution in [0.3, 0.4) is 0 Å². The molecule has 0 radical (unpaired) electrons. The number of hydrogen-bond donors (Lipinski definition) is 0. The fourth-order valence-electron chi connectivity index (χ4n) is 1.76. The molecular weight excluding hydrogens is 306 g/mol. The van der Waals surface area contributed by atoms with E-state index in [0.717, 1.165) is 15.7 Å². The van der Waals surface area contributed by atoms with E-state index in [9.17, 15) is 0 Å². The molecule has 0 saturated carbocycles. The summed E-state index contributed by atoms with van der Waals surface area (Å²) in [5, 5.41) is 3.25. The van der Waals surface area contributed by atoms with Crippen LogP contribution in [-0.2, 0) is 0 Å². The molecule has 88 valence electrons. The topological polar surface area (TPSA) is 12.9 Å². The van der Waals surface area contributed by atoms with Gasteiger partial charge in [0.25, 0.3) is 0 Å². The molecule has 0 unspecified atom stereocenters. The lowest BCUT2D eigenvalue weighted by Gasteiger charge is -1.97. The molecule has 2 heterocycles. The fourth-order valence-corrected chi connectivity index (χ4v) is 3.09. The zero-order chi connectivity index (χ0) is 12.4. The van der Waals surface area contributed by atoms with Crippen molar-refractivity contribution in [3.63, 3.8) is 0 Å². The molecule has 0 N–H and O–H groups in total. The number of aromatic nitrogens is 1. The molecule has 0 fully saturated rings. The highest BCUT2D eigenvalue weighted by Crippen LogP contribution is 2.22. The van der Waals surface area contributed by atoms with Crippen molar-refractivity contribution in [1.29, 1.82) is 0 Å². The second-order valence-corrected chi connectivity index (χ2v) is 5.79. The van der Waals surface area contributed by atoms with Crippen molar-refractivity contribution < 1.29 is 0 Å². The molecule has 1 nitrogen and oxygen atoms in total. The Kier molecular flexibility index (Phi) is 3.26. The number of hydrogen-bond acceptors (Lipinski definition) is 2. The van der Waals surface area contributed by atoms with Gasteiger partial charge in [-0.1, -0.05) is 24.3 Å². The summed E-state index contributed by atoms with van der Waals surface area (Å²) in [5.41, 5.74) is 2.02. The summed E-state index contributed by atoms with van der Waals surface area (Å²) >= 11 is 5.16. The minimum Gasteiger partial charge on any atom is -0.248 e. The van der Waals surface area contributed by atoms with E-state index in [1.165, 1.54) is 10.3 Å². The molecule has 0 atom stereocenters. The van der Waals surface area contributed by atoms with Gasteiger partial charge in [-0.3, -0.25) is 0 Å². The van der Waals surface area contributed by atoms with E-state index in [4.69, 9.17) is 0 Å².